The summed E-state index contributed by atoms with van der Waals surface area (Å²) in [5.74, 6) is 2.04. The summed E-state index contributed by atoms with van der Waals surface area (Å²) in [7, 11) is 0. The summed E-state index contributed by atoms with van der Waals surface area (Å²) in [5.41, 5.74) is 0. The monoisotopic (exact) mass is 112 g/mol. The maximum Gasteiger partial charge on any atom is 0.0812 e. The molecule has 1 aliphatic heterocycles. The first-order valence-electron chi connectivity index (χ1n) is 3.48. The van der Waals surface area contributed by atoms with Crippen molar-refractivity contribution in [1.29, 1.82) is 0 Å². The first-order chi connectivity index (χ1) is 3.86. The van der Waals surface area contributed by atoms with Crippen LogP contribution in [0.4, 0.5) is 0 Å². The van der Waals surface area contributed by atoms with Crippen LogP contribution in [0.25, 0.3) is 0 Å². The van der Waals surface area contributed by atoms with E-state index in [1.165, 1.54) is 12.8 Å². The fourth-order valence-corrected chi connectivity index (χ4v) is 1.27. The topological polar surface area (TPSA) is 12.5 Å². The number of hydrogen-bond acceptors (Lipinski definition) is 1. The Morgan fingerprint density at radius 3 is 2.62 bits per heavy atom. The highest BCUT2D eigenvalue weighted by atomic mass is 16.6. The molecule has 3 atom stereocenters. The van der Waals surface area contributed by atoms with Crippen molar-refractivity contribution in [3.8, 4) is 0 Å². The van der Waals surface area contributed by atoms with Gasteiger partial charge in [-0.3, -0.25) is 0 Å². The predicted octanol–water partition coefficient (Wildman–Crippen LogP) is 1.43. The van der Waals surface area contributed by atoms with Gasteiger partial charge in [-0.2, -0.15) is 0 Å². The zero-order valence-corrected chi connectivity index (χ0v) is 5.26. The van der Waals surface area contributed by atoms with Crippen molar-refractivity contribution >= 4 is 0 Å². The highest BCUT2D eigenvalue weighted by molar-refractivity contribution is 4.87. The molecule has 1 heteroatoms. The average Bonchev–Trinajstić information content (AvgIpc) is 2.52. The maximum absolute atomic E-state index is 5.11. The molecule has 0 aromatic heterocycles. The van der Waals surface area contributed by atoms with E-state index < -0.39 is 0 Å². The second-order valence-electron chi connectivity index (χ2n) is 3.16. The SMILES string of the molecule is CC1CC1CC1CO1. The van der Waals surface area contributed by atoms with Crippen molar-refractivity contribution in [1.82, 2.24) is 0 Å². The Morgan fingerprint density at radius 1 is 1.62 bits per heavy atom. The Morgan fingerprint density at radius 2 is 2.25 bits per heavy atom. The van der Waals surface area contributed by atoms with Crippen LogP contribution < -0.4 is 0 Å². The fraction of sp³-hybridized carbons (Fsp3) is 1.00. The van der Waals surface area contributed by atoms with E-state index in [4.69, 9.17) is 4.74 Å². The van der Waals surface area contributed by atoms with Gasteiger partial charge in [0.15, 0.2) is 0 Å². The van der Waals surface area contributed by atoms with Crippen LogP contribution in [0.5, 0.6) is 0 Å². The molecule has 0 bridgehead atoms. The molecule has 8 heavy (non-hydrogen) atoms. The molecule has 3 unspecified atom stereocenters. The molecule has 2 rings (SSSR count). The zero-order chi connectivity index (χ0) is 5.56. The van der Waals surface area contributed by atoms with Crippen LogP contribution in [0.1, 0.15) is 19.8 Å². The molecular formula is C7H12O. The summed E-state index contributed by atoms with van der Waals surface area (Å²) < 4.78 is 5.11. The molecule has 46 valence electrons. The fourth-order valence-electron chi connectivity index (χ4n) is 1.27. The lowest BCUT2D eigenvalue weighted by Gasteiger charge is -1.86. The Hall–Kier alpha value is -0.0400. The predicted molar refractivity (Wildman–Crippen MR) is 31.6 cm³/mol. The third kappa shape index (κ3) is 0.873. The number of hydrogen-bond donors (Lipinski definition) is 0. The van der Waals surface area contributed by atoms with Crippen molar-refractivity contribution in [2.45, 2.75) is 25.9 Å². The van der Waals surface area contributed by atoms with Crippen LogP contribution in [0.3, 0.4) is 0 Å². The smallest absolute Gasteiger partial charge is 0.0812 e. The van der Waals surface area contributed by atoms with Crippen molar-refractivity contribution < 1.29 is 4.74 Å². The third-order valence-corrected chi connectivity index (χ3v) is 2.24. The Bertz CT molecular complexity index is 96.6. The minimum Gasteiger partial charge on any atom is -0.373 e. The lowest BCUT2D eigenvalue weighted by Crippen LogP contribution is -1.86. The Kier molecular flexibility index (Phi) is 0.884. The van der Waals surface area contributed by atoms with Gasteiger partial charge in [-0.1, -0.05) is 6.92 Å². The van der Waals surface area contributed by atoms with Gasteiger partial charge in [0.2, 0.25) is 0 Å². The van der Waals surface area contributed by atoms with Crippen LogP contribution in [0, 0.1) is 11.8 Å². The molecule has 0 radical (unpaired) electrons. The van der Waals surface area contributed by atoms with Gasteiger partial charge in [-0.25, -0.2) is 0 Å². The lowest BCUT2D eigenvalue weighted by molar-refractivity contribution is 0.384. The highest BCUT2D eigenvalue weighted by Gasteiger charge is 2.38. The van der Waals surface area contributed by atoms with Gasteiger partial charge >= 0.3 is 0 Å². The average molecular weight is 112 g/mol. The van der Waals surface area contributed by atoms with Crippen molar-refractivity contribution in [2.75, 3.05) is 6.61 Å². The molecule has 2 fully saturated rings. The molecule has 0 spiro atoms. The van der Waals surface area contributed by atoms with Gasteiger partial charge < -0.3 is 4.74 Å². The minimum atomic E-state index is 0.671. The van der Waals surface area contributed by atoms with Crippen molar-refractivity contribution in [3.63, 3.8) is 0 Å². The summed E-state index contributed by atoms with van der Waals surface area (Å²) in [4.78, 5) is 0. The van der Waals surface area contributed by atoms with E-state index >= 15 is 0 Å². The van der Waals surface area contributed by atoms with Crippen LogP contribution in [0.15, 0.2) is 0 Å². The third-order valence-electron chi connectivity index (χ3n) is 2.24. The normalized spacial score (nSPS) is 51.4. The van der Waals surface area contributed by atoms with E-state index in [0.29, 0.717) is 6.10 Å². The largest absolute Gasteiger partial charge is 0.373 e. The Balaban J connectivity index is 1.69. The molecule has 2 aliphatic rings. The molecule has 0 aromatic rings. The Labute approximate surface area is 50.0 Å². The quantitative estimate of drug-likeness (QED) is 0.492. The highest BCUT2D eigenvalue weighted by Crippen LogP contribution is 2.43. The molecule has 1 nitrogen and oxygen atoms in total. The summed E-state index contributed by atoms with van der Waals surface area (Å²) >= 11 is 0. The van der Waals surface area contributed by atoms with Gasteiger partial charge in [0, 0.05) is 0 Å². The minimum absolute atomic E-state index is 0.671. The molecule has 0 amide bonds. The first kappa shape index (κ1) is 4.80. The zero-order valence-electron chi connectivity index (χ0n) is 5.26. The van der Waals surface area contributed by atoms with Gasteiger partial charge in [0.1, 0.15) is 0 Å². The number of epoxide rings is 1. The number of rotatable bonds is 2. The molecule has 1 heterocycles. The van der Waals surface area contributed by atoms with Crippen LogP contribution >= 0.6 is 0 Å². The molecular weight excluding hydrogens is 100 g/mol. The van der Waals surface area contributed by atoms with Crippen LogP contribution in [0.2, 0.25) is 0 Å². The van der Waals surface area contributed by atoms with Crippen LogP contribution in [-0.2, 0) is 4.74 Å². The molecule has 1 saturated heterocycles. The van der Waals surface area contributed by atoms with Gasteiger partial charge in [0.25, 0.3) is 0 Å². The van der Waals surface area contributed by atoms with Gasteiger partial charge in [-0.05, 0) is 24.7 Å². The summed E-state index contributed by atoms with van der Waals surface area (Å²) in [5, 5.41) is 0. The van der Waals surface area contributed by atoms with Gasteiger partial charge in [0.05, 0.1) is 12.7 Å². The van der Waals surface area contributed by atoms with E-state index in [9.17, 15) is 0 Å². The summed E-state index contributed by atoms with van der Waals surface area (Å²) in [6.07, 6.45) is 3.48. The van der Waals surface area contributed by atoms with Crippen molar-refractivity contribution in [3.05, 3.63) is 0 Å². The molecule has 0 N–H and O–H groups in total. The van der Waals surface area contributed by atoms with E-state index in [0.717, 1.165) is 18.4 Å². The van der Waals surface area contributed by atoms with Crippen LogP contribution in [-0.4, -0.2) is 12.7 Å². The molecule has 1 aliphatic carbocycles. The summed E-state index contributed by atoms with van der Waals surface area (Å²) in [6.45, 7) is 3.37. The molecule has 0 aromatic carbocycles. The maximum atomic E-state index is 5.11. The van der Waals surface area contributed by atoms with E-state index in [1.54, 1.807) is 0 Å². The van der Waals surface area contributed by atoms with E-state index in [1.807, 2.05) is 0 Å². The first-order valence-corrected chi connectivity index (χ1v) is 3.48. The lowest BCUT2D eigenvalue weighted by atomic mass is 10.2. The standard InChI is InChI=1S/C7H12O/c1-5-2-6(5)3-7-4-8-7/h5-7H,2-4H2,1H3. The van der Waals surface area contributed by atoms with Gasteiger partial charge in [-0.15, -0.1) is 0 Å². The van der Waals surface area contributed by atoms with E-state index in [-0.39, 0.29) is 0 Å². The second kappa shape index (κ2) is 1.47. The van der Waals surface area contributed by atoms with E-state index in [2.05, 4.69) is 6.92 Å². The summed E-state index contributed by atoms with van der Waals surface area (Å²) in [6, 6.07) is 0. The second-order valence-corrected chi connectivity index (χ2v) is 3.16. The van der Waals surface area contributed by atoms with Crippen molar-refractivity contribution in [2.24, 2.45) is 11.8 Å². The molecule has 1 saturated carbocycles. The number of ether oxygens (including phenoxy) is 1.